The van der Waals surface area contributed by atoms with E-state index in [1.54, 1.807) is 0 Å². The molecule has 0 saturated carbocycles. The fourth-order valence-corrected chi connectivity index (χ4v) is 4.46. The van der Waals surface area contributed by atoms with Crippen molar-refractivity contribution in [1.82, 2.24) is 20.2 Å². The van der Waals surface area contributed by atoms with Crippen molar-refractivity contribution < 1.29 is 0 Å². The average Bonchev–Trinajstić information content (AvgIpc) is 3.20. The number of para-hydroxylation sites is 2. The number of hydrogen-bond acceptors (Lipinski definition) is 5. The Hall–Kier alpha value is -3.12. The minimum atomic E-state index is 0.769. The number of aryl methyl sites for hydroxylation is 3. The van der Waals surface area contributed by atoms with Crippen LogP contribution >= 0.6 is 11.8 Å². The maximum atomic E-state index is 4.25. The zero-order valence-electron chi connectivity index (χ0n) is 15.5. The van der Waals surface area contributed by atoms with Gasteiger partial charge in [0.25, 0.3) is 0 Å². The van der Waals surface area contributed by atoms with E-state index < -0.39 is 0 Å². The van der Waals surface area contributed by atoms with Crippen molar-refractivity contribution in [2.24, 2.45) is 0 Å². The van der Waals surface area contributed by atoms with Gasteiger partial charge in [-0.05, 0) is 59.7 Å². The maximum absolute atomic E-state index is 4.25. The highest BCUT2D eigenvalue weighted by Gasteiger charge is 2.18. The lowest BCUT2D eigenvalue weighted by Gasteiger charge is -2.23. The molecule has 1 aromatic heterocycles. The third-order valence-electron chi connectivity index (χ3n) is 4.91. The molecule has 1 aliphatic rings. The molecule has 0 aliphatic carbocycles. The minimum Gasteiger partial charge on any atom is -0.353 e. The summed E-state index contributed by atoms with van der Waals surface area (Å²) in [6, 6.07) is 23.1. The van der Waals surface area contributed by atoms with Gasteiger partial charge < -0.3 is 5.32 Å². The summed E-state index contributed by atoms with van der Waals surface area (Å²) in [6.07, 6.45) is 1.64. The van der Waals surface area contributed by atoms with Gasteiger partial charge in [0.15, 0.2) is 5.82 Å². The third kappa shape index (κ3) is 3.16. The molecule has 0 amide bonds. The largest absolute Gasteiger partial charge is 0.353 e. The third-order valence-corrected chi connectivity index (χ3v) is 6.05. The quantitative estimate of drug-likeness (QED) is 0.474. The number of rotatable bonds is 4. The van der Waals surface area contributed by atoms with Crippen molar-refractivity contribution in [3.05, 3.63) is 83.7 Å². The van der Waals surface area contributed by atoms with Gasteiger partial charge in [0, 0.05) is 16.2 Å². The molecule has 0 atom stereocenters. The van der Waals surface area contributed by atoms with Crippen molar-refractivity contribution >= 4 is 23.1 Å². The Morgan fingerprint density at radius 3 is 2.61 bits per heavy atom. The molecule has 6 heteroatoms. The zero-order chi connectivity index (χ0) is 18.9. The molecule has 4 aromatic rings. The molecular formula is C22H19N5S. The van der Waals surface area contributed by atoms with Crippen LogP contribution in [0.3, 0.4) is 0 Å². The van der Waals surface area contributed by atoms with Crippen LogP contribution in [0.1, 0.15) is 17.0 Å². The van der Waals surface area contributed by atoms with Crippen molar-refractivity contribution in [2.45, 2.75) is 29.6 Å². The van der Waals surface area contributed by atoms with Gasteiger partial charge >= 0.3 is 0 Å². The Balaban J connectivity index is 1.40. The summed E-state index contributed by atoms with van der Waals surface area (Å²) < 4.78 is 1.83. The van der Waals surface area contributed by atoms with Gasteiger partial charge in [-0.1, -0.05) is 53.7 Å². The Bertz CT molecular complexity index is 1130. The lowest BCUT2D eigenvalue weighted by Crippen LogP contribution is -2.07. The molecular weight excluding hydrogens is 366 g/mol. The molecule has 1 aliphatic heterocycles. The molecule has 2 heterocycles. The van der Waals surface area contributed by atoms with Crippen LogP contribution < -0.4 is 5.32 Å². The smallest absolute Gasteiger partial charge is 0.157 e. The van der Waals surface area contributed by atoms with Crippen molar-refractivity contribution in [2.75, 3.05) is 5.32 Å². The molecule has 5 nitrogen and oxygen atoms in total. The van der Waals surface area contributed by atoms with E-state index in [-0.39, 0.29) is 0 Å². The van der Waals surface area contributed by atoms with E-state index in [9.17, 15) is 0 Å². The summed E-state index contributed by atoms with van der Waals surface area (Å²) in [5.41, 5.74) is 5.84. The zero-order valence-corrected chi connectivity index (χ0v) is 16.3. The Morgan fingerprint density at radius 2 is 1.71 bits per heavy atom. The normalized spacial score (nSPS) is 12.2. The number of nitrogens with zero attached hydrogens (tertiary/aromatic N) is 4. The first-order valence-corrected chi connectivity index (χ1v) is 10.1. The number of nitrogens with one attached hydrogen (secondary N) is 1. The second kappa shape index (κ2) is 7.13. The fourth-order valence-electron chi connectivity index (χ4n) is 3.42. The molecule has 0 saturated heterocycles. The van der Waals surface area contributed by atoms with Crippen LogP contribution in [0, 0.1) is 6.92 Å². The van der Waals surface area contributed by atoms with Gasteiger partial charge in [-0.2, -0.15) is 4.68 Å². The van der Waals surface area contributed by atoms with Crippen molar-refractivity contribution in [3.8, 4) is 5.69 Å². The first kappa shape index (κ1) is 17.0. The van der Waals surface area contributed by atoms with Gasteiger partial charge in [0.05, 0.1) is 17.1 Å². The molecule has 1 N–H and O–H groups in total. The highest BCUT2D eigenvalue weighted by Crippen LogP contribution is 2.45. The van der Waals surface area contributed by atoms with Crippen LogP contribution in [0.5, 0.6) is 0 Å². The monoisotopic (exact) mass is 385 g/mol. The summed E-state index contributed by atoms with van der Waals surface area (Å²) in [4.78, 5) is 2.52. The Morgan fingerprint density at radius 1 is 0.893 bits per heavy atom. The molecule has 0 radical (unpaired) electrons. The average molecular weight is 385 g/mol. The van der Waals surface area contributed by atoms with E-state index in [0.717, 1.165) is 30.0 Å². The standard InChI is InChI=1S/C22H19N5S/c1-15-9-12-17(13-10-15)27-21(24-25-26-27)14-11-16-5-4-8-20-22(16)23-18-6-2-3-7-19(18)28-20/h2-10,12-13,23H,11,14H2,1H3. The van der Waals surface area contributed by atoms with Crippen molar-refractivity contribution in [1.29, 1.82) is 0 Å². The van der Waals surface area contributed by atoms with E-state index in [4.69, 9.17) is 0 Å². The van der Waals surface area contributed by atoms with Gasteiger partial charge in [-0.25, -0.2) is 0 Å². The van der Waals surface area contributed by atoms with E-state index in [2.05, 4.69) is 94.5 Å². The molecule has 0 bridgehead atoms. The van der Waals surface area contributed by atoms with E-state index in [1.807, 2.05) is 16.4 Å². The molecule has 138 valence electrons. The molecule has 3 aromatic carbocycles. The SMILES string of the molecule is Cc1ccc(-n2nnnc2CCc2cccc3c2Nc2ccccc2S3)cc1. The van der Waals surface area contributed by atoms with Crippen LogP contribution in [0.15, 0.2) is 76.5 Å². The lowest BCUT2D eigenvalue weighted by atomic mass is 10.1. The van der Waals surface area contributed by atoms with Gasteiger partial charge in [0.1, 0.15) is 0 Å². The van der Waals surface area contributed by atoms with E-state index in [1.165, 1.54) is 26.6 Å². The van der Waals surface area contributed by atoms with Gasteiger partial charge in [-0.15, -0.1) is 5.10 Å². The van der Waals surface area contributed by atoms with Crippen LogP contribution in [-0.2, 0) is 12.8 Å². The second-order valence-electron chi connectivity index (χ2n) is 6.86. The van der Waals surface area contributed by atoms with Crippen LogP contribution in [-0.4, -0.2) is 20.2 Å². The summed E-state index contributed by atoms with van der Waals surface area (Å²) >= 11 is 1.81. The Kier molecular flexibility index (Phi) is 4.33. The minimum absolute atomic E-state index is 0.769. The number of anilines is 2. The van der Waals surface area contributed by atoms with Gasteiger partial charge in [-0.3, -0.25) is 0 Å². The van der Waals surface area contributed by atoms with Crippen LogP contribution in [0.25, 0.3) is 5.69 Å². The molecule has 28 heavy (non-hydrogen) atoms. The van der Waals surface area contributed by atoms with Gasteiger partial charge in [0.2, 0.25) is 0 Å². The molecule has 5 rings (SSSR count). The predicted octanol–water partition coefficient (Wildman–Crippen LogP) is 4.96. The number of tetrazole rings is 1. The summed E-state index contributed by atoms with van der Waals surface area (Å²) in [5, 5.41) is 15.9. The van der Waals surface area contributed by atoms with E-state index >= 15 is 0 Å². The molecule has 0 fully saturated rings. The highest BCUT2D eigenvalue weighted by atomic mass is 32.2. The first-order chi connectivity index (χ1) is 13.8. The summed E-state index contributed by atoms with van der Waals surface area (Å²) in [6.45, 7) is 2.08. The number of aromatic nitrogens is 4. The summed E-state index contributed by atoms with van der Waals surface area (Å²) in [5.74, 6) is 0.866. The topological polar surface area (TPSA) is 55.6 Å². The maximum Gasteiger partial charge on any atom is 0.157 e. The fraction of sp³-hybridized carbons (Fsp3) is 0.136. The number of fused-ring (bicyclic) bond motifs is 2. The Labute approximate surface area is 167 Å². The summed E-state index contributed by atoms with van der Waals surface area (Å²) in [7, 11) is 0. The molecule has 0 unspecified atom stereocenters. The lowest BCUT2D eigenvalue weighted by molar-refractivity contribution is 0.751. The first-order valence-electron chi connectivity index (χ1n) is 9.28. The van der Waals surface area contributed by atoms with Crippen LogP contribution in [0.2, 0.25) is 0 Å². The number of benzene rings is 3. The molecule has 0 spiro atoms. The number of hydrogen-bond donors (Lipinski definition) is 1. The van der Waals surface area contributed by atoms with Crippen molar-refractivity contribution in [3.63, 3.8) is 0 Å². The van der Waals surface area contributed by atoms with Crippen LogP contribution in [0.4, 0.5) is 11.4 Å². The highest BCUT2D eigenvalue weighted by molar-refractivity contribution is 7.99. The van der Waals surface area contributed by atoms with E-state index in [0.29, 0.717) is 0 Å². The predicted molar refractivity (Wildman–Crippen MR) is 112 cm³/mol. The second-order valence-corrected chi connectivity index (χ2v) is 7.94.